The van der Waals surface area contributed by atoms with E-state index in [1.807, 2.05) is 0 Å². The highest BCUT2D eigenvalue weighted by Crippen LogP contribution is 2.19. The zero-order chi connectivity index (χ0) is 10.6. The summed E-state index contributed by atoms with van der Waals surface area (Å²) in [5.41, 5.74) is 0. The minimum Gasteiger partial charge on any atom is -0.359 e. The number of rotatable bonds is 5. The first-order valence-electron chi connectivity index (χ1n) is 4.52. The van der Waals surface area contributed by atoms with E-state index in [0.717, 1.165) is 22.1 Å². The first kappa shape index (κ1) is 11.9. The molecule has 0 fully saturated rings. The largest absolute Gasteiger partial charge is 0.359 e. The molecule has 0 radical (unpaired) electrons. The van der Waals surface area contributed by atoms with E-state index in [0.29, 0.717) is 6.04 Å². The molecular formula is C8H15BrN4S. The van der Waals surface area contributed by atoms with Crippen LogP contribution < -0.4 is 5.32 Å². The molecule has 80 valence electrons. The predicted octanol–water partition coefficient (Wildman–Crippen LogP) is 2.05. The monoisotopic (exact) mass is 278 g/mol. The van der Waals surface area contributed by atoms with E-state index in [9.17, 15) is 0 Å². The van der Waals surface area contributed by atoms with Crippen LogP contribution >= 0.6 is 27.3 Å². The molecule has 0 spiro atoms. The second-order valence-electron chi connectivity index (χ2n) is 3.36. The topological polar surface area (TPSA) is 41.0 Å². The number of hydrogen-bond donors (Lipinski definition) is 1. The number of hydrogen-bond acceptors (Lipinski definition) is 5. The van der Waals surface area contributed by atoms with Crippen molar-refractivity contribution in [3.8, 4) is 0 Å². The zero-order valence-electron chi connectivity index (χ0n) is 8.62. The van der Waals surface area contributed by atoms with Crippen LogP contribution in [0.1, 0.15) is 13.8 Å². The molecule has 0 aliphatic heterocycles. The number of likely N-dealkylation sites (N-methyl/N-ethyl adjacent to an activating group) is 1. The molecule has 0 atom stereocenters. The molecule has 1 N–H and O–H groups in total. The summed E-state index contributed by atoms with van der Waals surface area (Å²) in [7, 11) is 2.11. The van der Waals surface area contributed by atoms with Crippen molar-refractivity contribution in [2.45, 2.75) is 19.9 Å². The second-order valence-corrected chi connectivity index (χ2v) is 5.61. The maximum atomic E-state index is 3.95. The Labute approximate surface area is 96.8 Å². The van der Waals surface area contributed by atoms with E-state index in [1.54, 1.807) is 0 Å². The Hall–Kier alpha value is -0.200. The highest BCUT2D eigenvalue weighted by atomic mass is 79.9. The van der Waals surface area contributed by atoms with Crippen LogP contribution in [0.5, 0.6) is 0 Å². The molecule has 1 heterocycles. The molecule has 0 saturated heterocycles. The number of halogens is 1. The number of anilines is 1. The van der Waals surface area contributed by atoms with Crippen LogP contribution in [0.3, 0.4) is 0 Å². The highest BCUT2D eigenvalue weighted by Gasteiger charge is 2.03. The molecule has 0 bridgehead atoms. The Kier molecular flexibility index (Phi) is 4.77. The third-order valence-corrected chi connectivity index (χ3v) is 3.34. The van der Waals surface area contributed by atoms with Crippen molar-refractivity contribution >= 4 is 32.4 Å². The van der Waals surface area contributed by atoms with Gasteiger partial charge in [0.05, 0.1) is 0 Å². The van der Waals surface area contributed by atoms with Gasteiger partial charge in [-0.2, -0.15) is 0 Å². The van der Waals surface area contributed by atoms with E-state index in [2.05, 4.69) is 57.2 Å². The minimum absolute atomic E-state index is 0.581. The Morgan fingerprint density at radius 1 is 1.50 bits per heavy atom. The fourth-order valence-electron chi connectivity index (χ4n) is 0.874. The molecule has 1 aromatic rings. The minimum atomic E-state index is 0.581. The fraction of sp³-hybridized carbons (Fsp3) is 0.750. The molecule has 0 aromatic carbocycles. The van der Waals surface area contributed by atoms with E-state index in [4.69, 9.17) is 0 Å². The van der Waals surface area contributed by atoms with Crippen molar-refractivity contribution in [1.29, 1.82) is 0 Å². The quantitative estimate of drug-likeness (QED) is 0.895. The lowest BCUT2D eigenvalue weighted by molar-refractivity contribution is 0.284. The van der Waals surface area contributed by atoms with Gasteiger partial charge in [-0.15, -0.1) is 10.2 Å². The fourth-order valence-corrected chi connectivity index (χ4v) is 1.91. The van der Waals surface area contributed by atoms with Gasteiger partial charge < -0.3 is 10.2 Å². The SMILES string of the molecule is CC(C)N(C)CCNc1nnc(Br)s1. The number of nitrogens with one attached hydrogen (secondary N) is 1. The first-order chi connectivity index (χ1) is 6.59. The van der Waals surface area contributed by atoms with Crippen molar-refractivity contribution in [3.05, 3.63) is 3.92 Å². The molecule has 0 saturated carbocycles. The van der Waals surface area contributed by atoms with E-state index in [1.165, 1.54) is 11.3 Å². The van der Waals surface area contributed by atoms with Crippen LogP contribution in [0.25, 0.3) is 0 Å². The summed E-state index contributed by atoms with van der Waals surface area (Å²) in [6.45, 7) is 6.27. The lowest BCUT2D eigenvalue weighted by atomic mass is 10.3. The third-order valence-electron chi connectivity index (χ3n) is 2.02. The van der Waals surface area contributed by atoms with Crippen molar-refractivity contribution in [2.75, 3.05) is 25.5 Å². The van der Waals surface area contributed by atoms with Crippen LogP contribution in [0.15, 0.2) is 3.92 Å². The van der Waals surface area contributed by atoms with Crippen LogP contribution in [0, 0.1) is 0 Å². The van der Waals surface area contributed by atoms with Gasteiger partial charge in [0, 0.05) is 19.1 Å². The Balaban J connectivity index is 2.22. The Morgan fingerprint density at radius 2 is 2.21 bits per heavy atom. The highest BCUT2D eigenvalue weighted by molar-refractivity contribution is 9.11. The molecule has 0 unspecified atom stereocenters. The van der Waals surface area contributed by atoms with Crippen LogP contribution in [-0.4, -0.2) is 41.3 Å². The average Bonchev–Trinajstić information content (AvgIpc) is 2.51. The molecule has 0 aliphatic carbocycles. The number of aromatic nitrogens is 2. The predicted molar refractivity (Wildman–Crippen MR) is 63.9 cm³/mol. The molecule has 4 nitrogen and oxygen atoms in total. The van der Waals surface area contributed by atoms with Crippen LogP contribution in [0.4, 0.5) is 5.13 Å². The normalized spacial score (nSPS) is 11.3. The Morgan fingerprint density at radius 3 is 2.71 bits per heavy atom. The van der Waals surface area contributed by atoms with Crippen molar-refractivity contribution in [2.24, 2.45) is 0 Å². The van der Waals surface area contributed by atoms with Crippen LogP contribution in [0.2, 0.25) is 0 Å². The lowest BCUT2D eigenvalue weighted by Crippen LogP contribution is -2.31. The smallest absolute Gasteiger partial charge is 0.206 e. The Bertz CT molecular complexity index is 276. The second kappa shape index (κ2) is 5.63. The zero-order valence-corrected chi connectivity index (χ0v) is 11.0. The lowest BCUT2D eigenvalue weighted by Gasteiger charge is -2.20. The van der Waals surface area contributed by atoms with E-state index < -0.39 is 0 Å². The molecular weight excluding hydrogens is 264 g/mol. The van der Waals surface area contributed by atoms with Crippen LogP contribution in [-0.2, 0) is 0 Å². The molecule has 14 heavy (non-hydrogen) atoms. The standard InChI is InChI=1S/C8H15BrN4S/c1-6(2)13(3)5-4-10-8-12-11-7(9)14-8/h6H,4-5H2,1-3H3,(H,10,12). The van der Waals surface area contributed by atoms with Gasteiger partial charge in [0.1, 0.15) is 0 Å². The molecule has 0 amide bonds. The van der Waals surface area contributed by atoms with Gasteiger partial charge in [0.2, 0.25) is 5.13 Å². The summed E-state index contributed by atoms with van der Waals surface area (Å²) >= 11 is 4.78. The number of nitrogens with zero attached hydrogens (tertiary/aromatic N) is 3. The summed E-state index contributed by atoms with van der Waals surface area (Å²) in [5.74, 6) is 0. The summed E-state index contributed by atoms with van der Waals surface area (Å²) in [5, 5.41) is 11.9. The summed E-state index contributed by atoms with van der Waals surface area (Å²) < 4.78 is 0.817. The molecule has 0 aliphatic rings. The van der Waals surface area contributed by atoms with Gasteiger partial charge in [-0.1, -0.05) is 11.3 Å². The van der Waals surface area contributed by atoms with Gasteiger partial charge in [0.25, 0.3) is 0 Å². The third kappa shape index (κ3) is 3.89. The maximum Gasteiger partial charge on any atom is 0.206 e. The first-order valence-corrected chi connectivity index (χ1v) is 6.13. The van der Waals surface area contributed by atoms with Gasteiger partial charge >= 0.3 is 0 Å². The van der Waals surface area contributed by atoms with Gasteiger partial charge in [-0.05, 0) is 36.8 Å². The molecule has 1 rings (SSSR count). The van der Waals surface area contributed by atoms with Crippen molar-refractivity contribution in [1.82, 2.24) is 15.1 Å². The van der Waals surface area contributed by atoms with Gasteiger partial charge in [-0.3, -0.25) is 0 Å². The van der Waals surface area contributed by atoms with Gasteiger partial charge in [-0.25, -0.2) is 0 Å². The van der Waals surface area contributed by atoms with E-state index >= 15 is 0 Å². The molecule has 1 aromatic heterocycles. The van der Waals surface area contributed by atoms with Gasteiger partial charge in [0.15, 0.2) is 3.92 Å². The van der Waals surface area contributed by atoms with Crippen molar-refractivity contribution < 1.29 is 0 Å². The summed E-state index contributed by atoms with van der Waals surface area (Å²) in [6.07, 6.45) is 0. The summed E-state index contributed by atoms with van der Waals surface area (Å²) in [4.78, 5) is 2.28. The molecule has 6 heteroatoms. The maximum absolute atomic E-state index is 3.95. The van der Waals surface area contributed by atoms with E-state index in [-0.39, 0.29) is 0 Å². The summed E-state index contributed by atoms with van der Waals surface area (Å²) in [6, 6.07) is 0.581. The van der Waals surface area contributed by atoms with Crippen molar-refractivity contribution in [3.63, 3.8) is 0 Å². The average molecular weight is 279 g/mol.